The quantitative estimate of drug-likeness (QED) is 0.676. The molecule has 1 fully saturated rings. The van der Waals surface area contributed by atoms with Crippen LogP contribution in [-0.4, -0.2) is 30.6 Å². The summed E-state index contributed by atoms with van der Waals surface area (Å²) in [6.07, 6.45) is 4.82. The molecule has 1 unspecified atom stereocenters. The number of carbonyl (C=O) groups excluding carboxylic acids is 1. The topological polar surface area (TPSA) is 64.8 Å². The lowest BCUT2D eigenvalue weighted by Crippen LogP contribution is -2.28. The van der Waals surface area contributed by atoms with Gasteiger partial charge in [0.25, 0.3) is 5.91 Å². The first-order chi connectivity index (χ1) is 14.1. The third-order valence-corrected chi connectivity index (χ3v) is 5.43. The van der Waals surface area contributed by atoms with Crippen molar-refractivity contribution in [2.45, 2.75) is 45.2 Å². The smallest absolute Gasteiger partial charge is 0.255 e. The lowest BCUT2D eigenvalue weighted by molar-refractivity contribution is -0.119. The summed E-state index contributed by atoms with van der Waals surface area (Å²) in [6, 6.07) is 14.5. The summed E-state index contributed by atoms with van der Waals surface area (Å²) in [4.78, 5) is 13.6. The number of hydrogen-bond donors (Lipinski definition) is 1. The summed E-state index contributed by atoms with van der Waals surface area (Å²) in [5, 5.41) is 0.766. The van der Waals surface area contributed by atoms with Crippen molar-refractivity contribution in [3.63, 3.8) is 0 Å². The van der Waals surface area contributed by atoms with Crippen LogP contribution in [0.3, 0.4) is 0 Å². The number of amides is 1. The number of rotatable bonds is 8. The fourth-order valence-corrected chi connectivity index (χ4v) is 3.97. The Morgan fingerprint density at radius 2 is 1.90 bits per heavy atom. The first-order valence-electron chi connectivity index (χ1n) is 10.2. The normalized spacial score (nSPS) is 17.5. The fourth-order valence-electron chi connectivity index (χ4n) is 3.84. The van der Waals surface area contributed by atoms with Crippen LogP contribution in [0, 0.1) is 0 Å². The van der Waals surface area contributed by atoms with Gasteiger partial charge in [0.15, 0.2) is 18.1 Å². The minimum Gasteiger partial charge on any atom is -0.490 e. The highest BCUT2D eigenvalue weighted by Gasteiger charge is 2.23. The molecule has 1 aliphatic heterocycles. The third kappa shape index (κ3) is 6.12. The Labute approximate surface area is 177 Å². The van der Waals surface area contributed by atoms with Crippen molar-refractivity contribution in [3.05, 3.63) is 58.6 Å². The molecule has 0 aliphatic carbocycles. The number of nitrogens with two attached hydrogens (primary N) is 1. The van der Waals surface area contributed by atoms with Gasteiger partial charge in [0.2, 0.25) is 0 Å². The van der Waals surface area contributed by atoms with E-state index in [0.29, 0.717) is 24.1 Å². The summed E-state index contributed by atoms with van der Waals surface area (Å²) in [5.74, 6) is 0.676. The molecule has 0 radical (unpaired) electrons. The predicted octanol–water partition coefficient (Wildman–Crippen LogP) is 4.72. The van der Waals surface area contributed by atoms with Crippen molar-refractivity contribution >= 4 is 17.5 Å². The molecular formula is C23H29ClN2O3. The van der Waals surface area contributed by atoms with Crippen LogP contribution in [0.5, 0.6) is 11.5 Å². The van der Waals surface area contributed by atoms with Gasteiger partial charge < -0.3 is 15.2 Å². The molecule has 2 N–H and O–H groups in total. The van der Waals surface area contributed by atoms with Gasteiger partial charge in [-0.2, -0.15) is 0 Å². The van der Waals surface area contributed by atoms with Gasteiger partial charge in [-0.1, -0.05) is 42.6 Å². The molecule has 0 saturated carbocycles. The van der Waals surface area contributed by atoms with Gasteiger partial charge in [-0.3, -0.25) is 9.69 Å². The molecule has 2 aromatic rings. The Morgan fingerprint density at radius 1 is 1.10 bits per heavy atom. The molecule has 0 aromatic heterocycles. The molecule has 1 saturated heterocycles. The third-order valence-electron chi connectivity index (χ3n) is 5.18. The molecule has 5 nitrogen and oxygen atoms in total. The second-order valence-electron chi connectivity index (χ2n) is 7.36. The zero-order valence-electron chi connectivity index (χ0n) is 16.9. The number of benzene rings is 2. The van der Waals surface area contributed by atoms with Gasteiger partial charge in [0.05, 0.1) is 6.61 Å². The van der Waals surface area contributed by atoms with Crippen LogP contribution in [0.1, 0.15) is 49.8 Å². The van der Waals surface area contributed by atoms with E-state index in [9.17, 15) is 4.79 Å². The van der Waals surface area contributed by atoms with Crippen LogP contribution in [0.15, 0.2) is 42.5 Å². The lowest BCUT2D eigenvalue weighted by atomic mass is 10.0. The molecule has 1 atom stereocenters. The van der Waals surface area contributed by atoms with Gasteiger partial charge in [-0.25, -0.2) is 0 Å². The SMILES string of the molecule is CCOc1cc(CN2CCCCCC2c2ccc(Cl)cc2)ccc1OCC(N)=O. The van der Waals surface area contributed by atoms with E-state index in [1.165, 1.54) is 24.8 Å². The van der Waals surface area contributed by atoms with Crippen LogP contribution in [0.2, 0.25) is 5.02 Å². The maximum atomic E-state index is 11.0. The van der Waals surface area contributed by atoms with Crippen molar-refractivity contribution in [1.82, 2.24) is 4.90 Å². The number of ether oxygens (including phenoxy) is 2. The molecule has 3 rings (SSSR count). The monoisotopic (exact) mass is 416 g/mol. The van der Waals surface area contributed by atoms with E-state index in [4.69, 9.17) is 26.8 Å². The molecule has 1 heterocycles. The average molecular weight is 417 g/mol. The first-order valence-corrected chi connectivity index (χ1v) is 10.6. The standard InChI is InChI=1S/C23H29ClN2O3/c1-2-28-22-14-17(7-12-21(22)29-16-23(25)27)15-26-13-5-3-4-6-20(26)18-8-10-19(24)11-9-18/h7-12,14,20H,2-6,13,15-16H2,1H3,(H2,25,27). The van der Waals surface area contributed by atoms with Gasteiger partial charge in [0.1, 0.15) is 0 Å². The molecule has 156 valence electrons. The summed E-state index contributed by atoms with van der Waals surface area (Å²) in [6.45, 7) is 4.16. The van der Waals surface area contributed by atoms with Gasteiger partial charge >= 0.3 is 0 Å². The van der Waals surface area contributed by atoms with E-state index >= 15 is 0 Å². The number of halogens is 1. The highest BCUT2D eigenvalue weighted by atomic mass is 35.5. The zero-order valence-corrected chi connectivity index (χ0v) is 17.7. The maximum absolute atomic E-state index is 11.0. The van der Waals surface area contributed by atoms with Crippen molar-refractivity contribution in [3.8, 4) is 11.5 Å². The second-order valence-corrected chi connectivity index (χ2v) is 7.79. The Kier molecular flexibility index (Phi) is 7.78. The van der Waals surface area contributed by atoms with Crippen molar-refractivity contribution in [2.24, 2.45) is 5.73 Å². The number of carbonyl (C=O) groups is 1. The number of hydrogen-bond acceptors (Lipinski definition) is 4. The van der Waals surface area contributed by atoms with E-state index in [-0.39, 0.29) is 6.61 Å². The van der Waals surface area contributed by atoms with Gasteiger partial charge in [0, 0.05) is 17.6 Å². The minimum absolute atomic E-state index is 0.163. The Bertz CT molecular complexity index is 810. The second kappa shape index (κ2) is 10.5. The Balaban J connectivity index is 1.80. The van der Waals surface area contributed by atoms with Gasteiger partial charge in [-0.15, -0.1) is 0 Å². The largest absolute Gasteiger partial charge is 0.490 e. The highest BCUT2D eigenvalue weighted by molar-refractivity contribution is 6.30. The Morgan fingerprint density at radius 3 is 2.62 bits per heavy atom. The van der Waals surface area contributed by atoms with E-state index in [1.807, 2.05) is 37.3 Å². The molecule has 1 aliphatic rings. The number of nitrogens with zero attached hydrogens (tertiary/aromatic N) is 1. The van der Waals surface area contributed by atoms with Crippen LogP contribution in [0.25, 0.3) is 0 Å². The van der Waals surface area contributed by atoms with Gasteiger partial charge in [-0.05, 0) is 61.7 Å². The fraction of sp³-hybridized carbons (Fsp3) is 0.435. The Hall–Kier alpha value is -2.24. The first kappa shape index (κ1) is 21.5. The zero-order chi connectivity index (χ0) is 20.6. The molecule has 1 amide bonds. The number of primary amides is 1. The van der Waals surface area contributed by atoms with Crippen LogP contribution < -0.4 is 15.2 Å². The summed E-state index contributed by atoms with van der Waals surface area (Å²) in [5.41, 5.74) is 7.65. The average Bonchev–Trinajstić information content (AvgIpc) is 2.94. The van der Waals surface area contributed by atoms with E-state index in [2.05, 4.69) is 17.0 Å². The van der Waals surface area contributed by atoms with Crippen LogP contribution in [0.4, 0.5) is 0 Å². The van der Waals surface area contributed by atoms with Crippen molar-refractivity contribution < 1.29 is 14.3 Å². The van der Waals surface area contributed by atoms with E-state index < -0.39 is 5.91 Å². The molecule has 2 aromatic carbocycles. The van der Waals surface area contributed by atoms with Crippen molar-refractivity contribution in [1.29, 1.82) is 0 Å². The predicted molar refractivity (Wildman–Crippen MR) is 115 cm³/mol. The number of likely N-dealkylation sites (tertiary alicyclic amines) is 1. The molecule has 0 spiro atoms. The van der Waals surface area contributed by atoms with Crippen LogP contribution >= 0.6 is 11.6 Å². The van der Waals surface area contributed by atoms with E-state index in [0.717, 1.165) is 30.1 Å². The van der Waals surface area contributed by atoms with E-state index in [1.54, 1.807) is 0 Å². The maximum Gasteiger partial charge on any atom is 0.255 e. The minimum atomic E-state index is -0.508. The lowest BCUT2D eigenvalue weighted by Gasteiger charge is -2.30. The summed E-state index contributed by atoms with van der Waals surface area (Å²) >= 11 is 6.09. The molecule has 6 heteroatoms. The van der Waals surface area contributed by atoms with Crippen molar-refractivity contribution in [2.75, 3.05) is 19.8 Å². The molecule has 29 heavy (non-hydrogen) atoms. The summed E-state index contributed by atoms with van der Waals surface area (Å²) in [7, 11) is 0. The highest BCUT2D eigenvalue weighted by Crippen LogP contribution is 2.34. The molecular weight excluding hydrogens is 388 g/mol. The summed E-state index contributed by atoms with van der Waals surface area (Å²) < 4.78 is 11.2. The van der Waals surface area contributed by atoms with Crippen LogP contribution in [-0.2, 0) is 11.3 Å². The molecule has 0 bridgehead atoms.